The van der Waals surface area contributed by atoms with E-state index >= 15 is 0 Å². The molecule has 2 aromatic rings. The zero-order chi connectivity index (χ0) is 29.6. The predicted molar refractivity (Wildman–Crippen MR) is 178 cm³/mol. The quantitative estimate of drug-likeness (QED) is 0.377. The number of para-hydroxylation sites is 2. The molecule has 2 aromatic carbocycles. The second kappa shape index (κ2) is 9.71. The maximum Gasteiger partial charge on any atom is 0.205 e. The van der Waals surface area contributed by atoms with Gasteiger partial charge in [-0.1, -0.05) is 63.0 Å². The van der Waals surface area contributed by atoms with Gasteiger partial charge in [0.2, 0.25) is 5.88 Å². The molecule has 3 aliphatic heterocycles. The van der Waals surface area contributed by atoms with Gasteiger partial charge in [-0.2, -0.15) is 0 Å². The third-order valence-electron chi connectivity index (χ3n) is 11.2. The number of allylic oxidation sites excluding steroid dienone is 2. The van der Waals surface area contributed by atoms with Crippen LogP contribution in [0.5, 0.6) is 0 Å². The Kier molecular flexibility index (Phi) is 6.10. The van der Waals surface area contributed by atoms with Crippen molar-refractivity contribution >= 4 is 23.1 Å². The van der Waals surface area contributed by atoms with Crippen LogP contribution in [0.25, 0.3) is 6.08 Å². The van der Waals surface area contributed by atoms with Gasteiger partial charge in [0.25, 0.3) is 0 Å². The van der Waals surface area contributed by atoms with E-state index in [2.05, 4.69) is 111 Å². The Bertz CT molecular complexity index is 1680. The summed E-state index contributed by atoms with van der Waals surface area (Å²) in [4.78, 5) is 5.36. The minimum absolute atomic E-state index is 0.0950. The first kappa shape index (κ1) is 27.0. The van der Waals surface area contributed by atoms with Gasteiger partial charge in [0.05, 0.1) is 28.7 Å². The van der Waals surface area contributed by atoms with Crippen molar-refractivity contribution in [3.8, 4) is 11.8 Å². The molecular formula is C39H45N3O. The number of ether oxygens (including phenoxy) is 1. The molecule has 43 heavy (non-hydrogen) atoms. The van der Waals surface area contributed by atoms with E-state index in [1.165, 1.54) is 53.9 Å². The summed E-state index contributed by atoms with van der Waals surface area (Å²) in [6, 6.07) is 9.21. The van der Waals surface area contributed by atoms with Crippen molar-refractivity contribution in [2.75, 3.05) is 16.8 Å². The summed E-state index contributed by atoms with van der Waals surface area (Å²) < 4.78 is 7.07. The van der Waals surface area contributed by atoms with Crippen LogP contribution >= 0.6 is 0 Å². The van der Waals surface area contributed by atoms with Crippen LogP contribution in [0.3, 0.4) is 0 Å². The summed E-state index contributed by atoms with van der Waals surface area (Å²) in [6.45, 7) is 11.7. The predicted octanol–water partition coefficient (Wildman–Crippen LogP) is 8.14. The molecule has 0 radical (unpaired) electrons. The third-order valence-corrected chi connectivity index (χ3v) is 11.2. The van der Waals surface area contributed by atoms with Crippen molar-refractivity contribution in [1.82, 2.24) is 5.32 Å². The Hall–Kier alpha value is -3.58. The van der Waals surface area contributed by atoms with Crippen LogP contribution in [0.1, 0.15) is 94.0 Å². The summed E-state index contributed by atoms with van der Waals surface area (Å²) >= 11 is 0. The molecule has 0 amide bonds. The summed E-state index contributed by atoms with van der Waals surface area (Å²) in [5.41, 5.74) is 14.0. The molecule has 0 spiro atoms. The number of fused-ring (bicyclic) bond motifs is 6. The normalized spacial score (nSPS) is 30.0. The van der Waals surface area contributed by atoms with Crippen molar-refractivity contribution in [1.29, 1.82) is 0 Å². The van der Waals surface area contributed by atoms with Crippen molar-refractivity contribution in [3.05, 3.63) is 81.3 Å². The fraction of sp³-hybridized carbons (Fsp3) is 0.487. The molecule has 4 nitrogen and oxygen atoms in total. The fourth-order valence-electron chi connectivity index (χ4n) is 9.43. The molecule has 1 N–H and O–H groups in total. The lowest BCUT2D eigenvalue weighted by Crippen LogP contribution is -2.58. The van der Waals surface area contributed by atoms with Crippen LogP contribution in [0.4, 0.5) is 17.1 Å². The minimum Gasteiger partial charge on any atom is -0.467 e. The number of nitrogens with zero attached hydrogens (tertiary/aromatic N) is 2. The lowest BCUT2D eigenvalue weighted by Gasteiger charge is -2.50. The standard InChI is InChI=1S/C39H45N3O/c1-23(2)34-28-15-9-7-13-26(28)27-14-8-10-16-29(27)36(34)42-33-18-12-11-17-32(33)41(6)38(42)35-24(3)19-22-31-30-21-20-25(4)40-37(30)43-39(31,35)5/h8,11-12,14,17-18,22-25,35,38,40H,7,9-10,13,15-16,19H2,1-6H3. The van der Waals surface area contributed by atoms with Gasteiger partial charge in [-0.15, -0.1) is 0 Å². The highest BCUT2D eigenvalue weighted by Crippen LogP contribution is 2.58. The summed E-state index contributed by atoms with van der Waals surface area (Å²) in [5.74, 6) is 8.84. The molecular weight excluding hydrogens is 526 g/mol. The molecule has 5 unspecified atom stereocenters. The van der Waals surface area contributed by atoms with Gasteiger partial charge < -0.3 is 19.9 Å². The third kappa shape index (κ3) is 3.76. The molecule has 0 aromatic heterocycles. The number of hydrogen-bond acceptors (Lipinski definition) is 4. The Morgan fingerprint density at radius 1 is 1.02 bits per heavy atom. The molecule has 4 heteroatoms. The first-order chi connectivity index (χ1) is 20.8. The first-order valence-corrected chi connectivity index (χ1v) is 16.7. The van der Waals surface area contributed by atoms with E-state index in [1.54, 1.807) is 22.3 Å². The largest absolute Gasteiger partial charge is 0.467 e. The number of hydrogen-bond donors (Lipinski definition) is 1. The van der Waals surface area contributed by atoms with Crippen molar-refractivity contribution in [3.63, 3.8) is 0 Å². The van der Waals surface area contributed by atoms with Crippen molar-refractivity contribution in [2.45, 2.75) is 103 Å². The van der Waals surface area contributed by atoms with Gasteiger partial charge in [0.1, 0.15) is 11.8 Å². The van der Waals surface area contributed by atoms with Crippen LogP contribution in [0.15, 0.2) is 53.4 Å². The van der Waals surface area contributed by atoms with E-state index in [9.17, 15) is 0 Å². The highest BCUT2D eigenvalue weighted by atomic mass is 16.5. The molecule has 0 fully saturated rings. The molecule has 8 rings (SSSR count). The van der Waals surface area contributed by atoms with Crippen molar-refractivity contribution in [2.24, 2.45) is 11.8 Å². The minimum atomic E-state index is -0.473. The number of anilines is 3. The van der Waals surface area contributed by atoms with E-state index < -0.39 is 5.60 Å². The van der Waals surface area contributed by atoms with E-state index in [0.29, 0.717) is 11.8 Å². The van der Waals surface area contributed by atoms with Gasteiger partial charge in [-0.3, -0.25) is 0 Å². The lowest BCUT2D eigenvalue weighted by molar-refractivity contribution is -0.0282. The zero-order valence-corrected chi connectivity index (χ0v) is 26.7. The Balaban J connectivity index is 1.37. The highest BCUT2D eigenvalue weighted by molar-refractivity contribution is 5.89. The topological polar surface area (TPSA) is 27.7 Å². The number of rotatable bonds is 3. The van der Waals surface area contributed by atoms with E-state index in [-0.39, 0.29) is 18.1 Å². The second-order valence-corrected chi connectivity index (χ2v) is 14.2. The van der Waals surface area contributed by atoms with Gasteiger partial charge in [-0.05, 0) is 111 Å². The first-order valence-electron chi connectivity index (χ1n) is 16.7. The van der Waals surface area contributed by atoms with E-state index in [0.717, 1.165) is 30.7 Å². The Morgan fingerprint density at radius 2 is 1.79 bits per heavy atom. The molecule has 3 heterocycles. The van der Waals surface area contributed by atoms with Crippen molar-refractivity contribution < 1.29 is 4.74 Å². The molecule has 3 aliphatic carbocycles. The van der Waals surface area contributed by atoms with Gasteiger partial charge in [0.15, 0.2) is 0 Å². The fourth-order valence-corrected chi connectivity index (χ4v) is 9.43. The summed E-state index contributed by atoms with van der Waals surface area (Å²) in [5, 5.41) is 3.56. The molecule has 222 valence electrons. The maximum atomic E-state index is 7.07. The van der Waals surface area contributed by atoms with E-state index in [1.807, 2.05) is 0 Å². The van der Waals surface area contributed by atoms with Crippen LogP contribution in [-0.2, 0) is 24.0 Å². The highest BCUT2D eigenvalue weighted by Gasteiger charge is 2.58. The summed E-state index contributed by atoms with van der Waals surface area (Å²) in [7, 11) is 2.32. The molecule has 0 saturated heterocycles. The van der Waals surface area contributed by atoms with Gasteiger partial charge in [0, 0.05) is 18.5 Å². The van der Waals surface area contributed by atoms with E-state index in [4.69, 9.17) is 4.74 Å². The Morgan fingerprint density at radius 3 is 2.58 bits per heavy atom. The Labute approximate surface area is 257 Å². The smallest absolute Gasteiger partial charge is 0.205 e. The average molecular weight is 572 g/mol. The molecule has 5 atom stereocenters. The average Bonchev–Trinajstić information content (AvgIpc) is 3.45. The van der Waals surface area contributed by atoms with Crippen LogP contribution < -0.4 is 15.1 Å². The molecule has 6 aliphatic rings. The molecule has 0 bridgehead atoms. The zero-order valence-electron chi connectivity index (χ0n) is 26.7. The SMILES string of the molecule is CC1C#CC2=C(N1)OC1(C)C2=CCC(C)C1C1N(C)c2ccccc2N1c1c2c(c3c(c1C(C)C)CCCC3)C=CCC2. The maximum absolute atomic E-state index is 7.07. The van der Waals surface area contributed by atoms with Gasteiger partial charge >= 0.3 is 0 Å². The van der Waals surface area contributed by atoms with Crippen LogP contribution in [0, 0.1) is 23.7 Å². The summed E-state index contributed by atoms with van der Waals surface area (Å²) in [6.07, 6.45) is 15.7. The second-order valence-electron chi connectivity index (χ2n) is 14.2. The molecule has 0 saturated carbocycles. The lowest BCUT2D eigenvalue weighted by atomic mass is 9.67. The number of nitrogens with one attached hydrogen (secondary N) is 1. The van der Waals surface area contributed by atoms with Crippen LogP contribution in [-0.4, -0.2) is 24.9 Å². The van der Waals surface area contributed by atoms with Gasteiger partial charge in [-0.25, -0.2) is 0 Å². The number of benzene rings is 2. The van der Waals surface area contributed by atoms with Crippen LogP contribution in [0.2, 0.25) is 0 Å². The monoisotopic (exact) mass is 571 g/mol.